The molecule has 0 bridgehead atoms. The second-order valence-electron chi connectivity index (χ2n) is 7.08. The SMILES string of the molecule is CC1=C(c2ccccc2)S(=O)(=O)N=C1N1CCCN(C(=O)c2cccnc2)CC1. The molecule has 7 nitrogen and oxygen atoms in total. The molecule has 150 valence electrons. The van der Waals surface area contributed by atoms with Gasteiger partial charge in [0.1, 0.15) is 10.7 Å². The fourth-order valence-electron chi connectivity index (χ4n) is 3.78. The molecule has 1 aromatic carbocycles. The number of sulfonamides is 1. The van der Waals surface area contributed by atoms with E-state index in [1.165, 1.54) is 0 Å². The van der Waals surface area contributed by atoms with Gasteiger partial charge in [-0.05, 0) is 31.0 Å². The summed E-state index contributed by atoms with van der Waals surface area (Å²) in [7, 11) is -3.74. The van der Waals surface area contributed by atoms with E-state index in [9.17, 15) is 13.2 Å². The summed E-state index contributed by atoms with van der Waals surface area (Å²) in [4.78, 5) is 20.8. The van der Waals surface area contributed by atoms with E-state index < -0.39 is 10.0 Å². The van der Waals surface area contributed by atoms with E-state index >= 15 is 0 Å². The van der Waals surface area contributed by atoms with Crippen molar-refractivity contribution in [2.75, 3.05) is 26.2 Å². The van der Waals surface area contributed by atoms with Crippen LogP contribution >= 0.6 is 0 Å². The first kappa shape index (κ1) is 19.3. The number of carbonyl (C=O) groups is 1. The van der Waals surface area contributed by atoms with E-state index in [0.29, 0.717) is 48.7 Å². The first-order valence-electron chi connectivity index (χ1n) is 9.53. The molecule has 8 heteroatoms. The molecule has 1 amide bonds. The van der Waals surface area contributed by atoms with Crippen molar-refractivity contribution in [2.45, 2.75) is 13.3 Å². The van der Waals surface area contributed by atoms with Crippen molar-refractivity contribution in [2.24, 2.45) is 4.40 Å². The predicted octanol–water partition coefficient (Wildman–Crippen LogP) is 2.40. The van der Waals surface area contributed by atoms with Gasteiger partial charge in [-0.15, -0.1) is 4.40 Å². The maximum absolute atomic E-state index is 12.7. The third-order valence-corrected chi connectivity index (χ3v) is 6.64. The van der Waals surface area contributed by atoms with Crippen LogP contribution in [0.1, 0.15) is 29.3 Å². The zero-order chi connectivity index (χ0) is 20.4. The molecule has 1 fully saturated rings. The van der Waals surface area contributed by atoms with Crippen LogP contribution in [0.2, 0.25) is 0 Å². The fourth-order valence-corrected chi connectivity index (χ4v) is 5.26. The second-order valence-corrected chi connectivity index (χ2v) is 8.63. The van der Waals surface area contributed by atoms with Gasteiger partial charge >= 0.3 is 0 Å². The molecule has 0 aliphatic carbocycles. The molecule has 0 spiro atoms. The molecule has 2 aliphatic heterocycles. The van der Waals surface area contributed by atoms with E-state index in [-0.39, 0.29) is 10.8 Å². The number of pyridine rings is 1. The maximum Gasteiger partial charge on any atom is 0.285 e. The van der Waals surface area contributed by atoms with Crippen LogP contribution in [-0.4, -0.2) is 61.1 Å². The number of nitrogens with zero attached hydrogens (tertiary/aromatic N) is 4. The van der Waals surface area contributed by atoms with Crippen LogP contribution in [0.5, 0.6) is 0 Å². The fraction of sp³-hybridized carbons (Fsp3) is 0.286. The zero-order valence-corrected chi connectivity index (χ0v) is 17.0. The minimum Gasteiger partial charge on any atom is -0.354 e. The minimum absolute atomic E-state index is 0.0572. The van der Waals surface area contributed by atoms with Gasteiger partial charge < -0.3 is 9.80 Å². The van der Waals surface area contributed by atoms with Crippen LogP contribution in [0, 0.1) is 0 Å². The van der Waals surface area contributed by atoms with Crippen LogP contribution in [0.4, 0.5) is 0 Å². The van der Waals surface area contributed by atoms with Gasteiger partial charge in [0.2, 0.25) is 0 Å². The van der Waals surface area contributed by atoms with Crippen LogP contribution in [-0.2, 0) is 10.0 Å². The van der Waals surface area contributed by atoms with Crippen molar-refractivity contribution in [1.82, 2.24) is 14.8 Å². The van der Waals surface area contributed by atoms with Crippen molar-refractivity contribution in [3.05, 3.63) is 71.6 Å². The maximum atomic E-state index is 12.7. The third kappa shape index (κ3) is 3.80. The molecule has 0 saturated carbocycles. The molecule has 0 atom stereocenters. The normalized spacial score (nSPS) is 19.1. The van der Waals surface area contributed by atoms with Gasteiger partial charge in [-0.2, -0.15) is 8.42 Å². The number of hydrogen-bond donors (Lipinski definition) is 0. The molecule has 2 aromatic rings. The van der Waals surface area contributed by atoms with Crippen LogP contribution < -0.4 is 0 Å². The minimum atomic E-state index is -3.74. The Kier molecular flexibility index (Phi) is 5.19. The Labute approximate surface area is 170 Å². The summed E-state index contributed by atoms with van der Waals surface area (Å²) in [6.07, 6.45) is 3.94. The van der Waals surface area contributed by atoms with Crippen molar-refractivity contribution >= 4 is 26.7 Å². The number of aromatic nitrogens is 1. The number of benzene rings is 1. The monoisotopic (exact) mass is 410 g/mol. The lowest BCUT2D eigenvalue weighted by Crippen LogP contribution is -2.37. The molecule has 4 rings (SSSR count). The Balaban J connectivity index is 1.55. The summed E-state index contributed by atoms with van der Waals surface area (Å²) in [5.74, 6) is 0.428. The second kappa shape index (κ2) is 7.79. The van der Waals surface area contributed by atoms with E-state index in [1.807, 2.05) is 23.1 Å². The summed E-state index contributed by atoms with van der Waals surface area (Å²) < 4.78 is 29.5. The highest BCUT2D eigenvalue weighted by Gasteiger charge is 2.34. The topological polar surface area (TPSA) is 82.9 Å². The number of carbonyl (C=O) groups excluding carboxylic acids is 1. The summed E-state index contributed by atoms with van der Waals surface area (Å²) in [5, 5.41) is 0. The molecule has 0 radical (unpaired) electrons. The molecule has 0 unspecified atom stereocenters. The number of hydrogen-bond acceptors (Lipinski definition) is 5. The first-order chi connectivity index (χ1) is 14.0. The summed E-state index contributed by atoms with van der Waals surface area (Å²) in [6.45, 7) is 4.08. The molecule has 1 saturated heterocycles. The Morgan fingerprint density at radius 3 is 2.52 bits per heavy atom. The Hall–Kier alpha value is -3.00. The standard InChI is InChI=1S/C21H22N4O3S/c1-16-19(17-7-3-2-4-8-17)29(27,28)23-20(16)24-11-6-12-25(14-13-24)21(26)18-9-5-10-22-15-18/h2-5,7-10,15H,6,11-14H2,1H3. The molecule has 29 heavy (non-hydrogen) atoms. The number of amides is 1. The molecule has 1 aromatic heterocycles. The Bertz CT molecular complexity index is 1080. The van der Waals surface area contributed by atoms with Gasteiger partial charge in [-0.1, -0.05) is 30.3 Å². The van der Waals surface area contributed by atoms with Gasteiger partial charge in [0.05, 0.1) is 5.56 Å². The van der Waals surface area contributed by atoms with Crippen molar-refractivity contribution in [3.63, 3.8) is 0 Å². The lowest BCUT2D eigenvalue weighted by molar-refractivity contribution is 0.0763. The van der Waals surface area contributed by atoms with Crippen molar-refractivity contribution < 1.29 is 13.2 Å². The largest absolute Gasteiger partial charge is 0.354 e. The highest BCUT2D eigenvalue weighted by molar-refractivity contribution is 8.00. The average Bonchev–Trinajstić information content (AvgIpc) is 2.89. The highest BCUT2D eigenvalue weighted by atomic mass is 32.2. The van der Waals surface area contributed by atoms with Gasteiger partial charge in [0, 0.05) is 44.1 Å². The third-order valence-electron chi connectivity index (χ3n) is 5.17. The highest BCUT2D eigenvalue weighted by Crippen LogP contribution is 2.33. The van der Waals surface area contributed by atoms with Crippen LogP contribution in [0.15, 0.2) is 64.8 Å². The van der Waals surface area contributed by atoms with Crippen molar-refractivity contribution in [1.29, 1.82) is 0 Å². The average molecular weight is 410 g/mol. The van der Waals surface area contributed by atoms with E-state index in [2.05, 4.69) is 9.38 Å². The van der Waals surface area contributed by atoms with Gasteiger partial charge in [-0.3, -0.25) is 9.78 Å². The molecular formula is C21H22N4O3S. The lowest BCUT2D eigenvalue weighted by Gasteiger charge is -2.23. The van der Waals surface area contributed by atoms with E-state index in [4.69, 9.17) is 0 Å². The molecular weight excluding hydrogens is 388 g/mol. The van der Waals surface area contributed by atoms with E-state index in [0.717, 1.165) is 6.42 Å². The molecule has 2 aliphatic rings. The van der Waals surface area contributed by atoms with Gasteiger partial charge in [0.15, 0.2) is 0 Å². The van der Waals surface area contributed by atoms with Crippen molar-refractivity contribution in [3.8, 4) is 0 Å². The lowest BCUT2D eigenvalue weighted by atomic mass is 10.1. The number of amidine groups is 1. The zero-order valence-electron chi connectivity index (χ0n) is 16.2. The summed E-state index contributed by atoms with van der Waals surface area (Å²) in [6, 6.07) is 12.6. The summed E-state index contributed by atoms with van der Waals surface area (Å²) >= 11 is 0. The van der Waals surface area contributed by atoms with Crippen LogP contribution in [0.25, 0.3) is 4.91 Å². The molecule has 3 heterocycles. The number of rotatable bonds is 2. The van der Waals surface area contributed by atoms with Crippen LogP contribution in [0.3, 0.4) is 0 Å². The Morgan fingerprint density at radius 2 is 1.79 bits per heavy atom. The smallest absolute Gasteiger partial charge is 0.285 e. The quantitative estimate of drug-likeness (QED) is 0.759. The Morgan fingerprint density at radius 1 is 1.00 bits per heavy atom. The summed E-state index contributed by atoms with van der Waals surface area (Å²) in [5.41, 5.74) is 1.86. The van der Waals surface area contributed by atoms with Gasteiger partial charge in [-0.25, -0.2) is 0 Å². The molecule has 0 N–H and O–H groups in total. The predicted molar refractivity (Wildman–Crippen MR) is 112 cm³/mol. The first-order valence-corrected chi connectivity index (χ1v) is 11.0. The van der Waals surface area contributed by atoms with Gasteiger partial charge in [0.25, 0.3) is 15.9 Å². The van der Waals surface area contributed by atoms with E-state index in [1.54, 1.807) is 48.5 Å².